The average Bonchev–Trinajstić information content (AvgIpc) is 2.34. The molecular formula is C12H21NO3S. The highest BCUT2D eigenvalue weighted by Crippen LogP contribution is 2.22. The zero-order chi connectivity index (χ0) is 12.8. The number of thioether (sulfide) groups is 1. The molecule has 0 aromatic rings. The Morgan fingerprint density at radius 1 is 1.53 bits per heavy atom. The quantitative estimate of drug-likeness (QED) is 0.818. The van der Waals surface area contributed by atoms with Crippen molar-refractivity contribution in [3.8, 4) is 0 Å². The molecule has 1 heterocycles. The highest BCUT2D eigenvalue weighted by atomic mass is 32.2. The number of carbonyl (C=O) groups excluding carboxylic acids is 1. The van der Waals surface area contributed by atoms with Crippen LogP contribution >= 0.6 is 11.8 Å². The summed E-state index contributed by atoms with van der Waals surface area (Å²) >= 11 is 1.56. The second-order valence-corrected chi connectivity index (χ2v) is 5.78. The fraction of sp³-hybridized carbons (Fsp3) is 0.833. The zero-order valence-corrected chi connectivity index (χ0v) is 11.3. The SMILES string of the molecule is CS[C@@H](C)C(=O)N1CCC[C@@H](CCC(=O)O)C1. The Kier molecular flexibility index (Phi) is 5.82. The van der Waals surface area contributed by atoms with Crippen molar-refractivity contribution in [1.29, 1.82) is 0 Å². The van der Waals surface area contributed by atoms with E-state index in [9.17, 15) is 9.59 Å². The molecule has 0 aromatic heterocycles. The fourth-order valence-corrected chi connectivity index (χ4v) is 2.54. The van der Waals surface area contributed by atoms with Gasteiger partial charge in [0.1, 0.15) is 0 Å². The van der Waals surface area contributed by atoms with Gasteiger partial charge in [-0.25, -0.2) is 0 Å². The first kappa shape index (κ1) is 14.4. The molecule has 1 aliphatic heterocycles. The number of piperidine rings is 1. The third-order valence-electron chi connectivity index (χ3n) is 3.30. The minimum Gasteiger partial charge on any atom is -0.481 e. The minimum absolute atomic E-state index is 0.00761. The summed E-state index contributed by atoms with van der Waals surface area (Å²) in [6.45, 7) is 3.48. The first-order valence-electron chi connectivity index (χ1n) is 6.08. The lowest BCUT2D eigenvalue weighted by Crippen LogP contribution is -2.43. The third kappa shape index (κ3) is 4.58. The Balaban J connectivity index is 2.43. The van der Waals surface area contributed by atoms with Gasteiger partial charge < -0.3 is 10.0 Å². The number of likely N-dealkylation sites (tertiary alicyclic amines) is 1. The van der Waals surface area contributed by atoms with Crippen LogP contribution in [0.3, 0.4) is 0 Å². The first-order chi connectivity index (χ1) is 8.04. The molecule has 1 rings (SSSR count). The van der Waals surface area contributed by atoms with Crippen molar-refractivity contribution in [2.75, 3.05) is 19.3 Å². The predicted octanol–water partition coefficient (Wildman–Crippen LogP) is 1.84. The van der Waals surface area contributed by atoms with Crippen LogP contribution < -0.4 is 0 Å². The summed E-state index contributed by atoms with van der Waals surface area (Å²) in [5, 5.41) is 8.67. The highest BCUT2D eigenvalue weighted by Gasteiger charge is 2.26. The molecule has 0 radical (unpaired) electrons. The number of hydrogen-bond acceptors (Lipinski definition) is 3. The van der Waals surface area contributed by atoms with Gasteiger partial charge in [-0.1, -0.05) is 0 Å². The second-order valence-electron chi connectivity index (χ2n) is 4.60. The number of carboxylic acids is 1. The van der Waals surface area contributed by atoms with Crippen LogP contribution in [-0.4, -0.2) is 46.5 Å². The monoisotopic (exact) mass is 259 g/mol. The summed E-state index contributed by atoms with van der Waals surface area (Å²) in [6, 6.07) is 0. The van der Waals surface area contributed by atoms with E-state index in [1.807, 2.05) is 18.1 Å². The molecule has 1 N–H and O–H groups in total. The van der Waals surface area contributed by atoms with E-state index in [0.29, 0.717) is 12.3 Å². The van der Waals surface area contributed by atoms with Gasteiger partial charge in [-0.15, -0.1) is 0 Å². The normalized spacial score (nSPS) is 22.2. The Bertz CT molecular complexity index is 283. The lowest BCUT2D eigenvalue weighted by molar-refractivity contribution is -0.137. The van der Waals surface area contributed by atoms with Crippen LogP contribution in [0.5, 0.6) is 0 Å². The molecule has 1 aliphatic rings. The van der Waals surface area contributed by atoms with Crippen molar-refractivity contribution in [1.82, 2.24) is 4.90 Å². The first-order valence-corrected chi connectivity index (χ1v) is 7.36. The van der Waals surface area contributed by atoms with Gasteiger partial charge in [0.2, 0.25) is 5.91 Å². The van der Waals surface area contributed by atoms with E-state index < -0.39 is 5.97 Å². The van der Waals surface area contributed by atoms with Crippen molar-refractivity contribution in [2.45, 2.75) is 37.9 Å². The Labute approximate surface area is 107 Å². The summed E-state index contributed by atoms with van der Waals surface area (Å²) in [5.74, 6) is -0.193. The molecule has 0 unspecified atom stereocenters. The van der Waals surface area contributed by atoms with Gasteiger partial charge in [0.25, 0.3) is 0 Å². The van der Waals surface area contributed by atoms with E-state index in [2.05, 4.69) is 0 Å². The zero-order valence-electron chi connectivity index (χ0n) is 10.5. The Morgan fingerprint density at radius 3 is 2.82 bits per heavy atom. The Morgan fingerprint density at radius 2 is 2.24 bits per heavy atom. The Hall–Kier alpha value is -0.710. The maximum atomic E-state index is 12.0. The van der Waals surface area contributed by atoms with Gasteiger partial charge in [-0.3, -0.25) is 9.59 Å². The van der Waals surface area contributed by atoms with Gasteiger partial charge >= 0.3 is 5.97 Å². The molecule has 1 saturated heterocycles. The van der Waals surface area contributed by atoms with Crippen molar-refractivity contribution in [3.05, 3.63) is 0 Å². The minimum atomic E-state index is -0.745. The molecule has 17 heavy (non-hydrogen) atoms. The molecule has 1 amide bonds. The standard InChI is InChI=1S/C12H21NO3S/c1-9(17-2)12(16)13-7-3-4-10(8-13)5-6-11(14)15/h9-10H,3-8H2,1-2H3,(H,14,15)/t9-,10-/m0/s1. The largest absolute Gasteiger partial charge is 0.481 e. The van der Waals surface area contributed by atoms with Crippen LogP contribution in [0.15, 0.2) is 0 Å². The van der Waals surface area contributed by atoms with E-state index in [0.717, 1.165) is 25.9 Å². The van der Waals surface area contributed by atoms with E-state index in [1.54, 1.807) is 11.8 Å². The lowest BCUT2D eigenvalue weighted by atomic mass is 9.93. The van der Waals surface area contributed by atoms with Gasteiger partial charge in [-0.2, -0.15) is 11.8 Å². The maximum Gasteiger partial charge on any atom is 0.303 e. The molecule has 0 aromatic carbocycles. The molecule has 0 bridgehead atoms. The summed E-state index contributed by atoms with van der Waals surface area (Å²) in [6.07, 6.45) is 4.88. The highest BCUT2D eigenvalue weighted by molar-refractivity contribution is 7.99. The third-order valence-corrected chi connectivity index (χ3v) is 4.21. The van der Waals surface area contributed by atoms with Crippen LogP contribution in [0, 0.1) is 5.92 Å². The summed E-state index contributed by atoms with van der Waals surface area (Å²) < 4.78 is 0. The van der Waals surface area contributed by atoms with Gasteiger partial charge in [-0.05, 0) is 38.4 Å². The fourth-order valence-electron chi connectivity index (χ4n) is 2.19. The van der Waals surface area contributed by atoms with Gasteiger partial charge in [0.15, 0.2) is 0 Å². The average molecular weight is 259 g/mol. The molecular weight excluding hydrogens is 238 g/mol. The number of hydrogen-bond donors (Lipinski definition) is 1. The topological polar surface area (TPSA) is 57.6 Å². The maximum absolute atomic E-state index is 12.0. The van der Waals surface area contributed by atoms with Crippen LogP contribution in [0.4, 0.5) is 0 Å². The van der Waals surface area contributed by atoms with Crippen molar-refractivity contribution >= 4 is 23.6 Å². The van der Waals surface area contributed by atoms with Gasteiger partial charge in [0, 0.05) is 19.5 Å². The molecule has 0 spiro atoms. The number of rotatable bonds is 5. The van der Waals surface area contributed by atoms with E-state index in [4.69, 9.17) is 5.11 Å². The van der Waals surface area contributed by atoms with Crippen LogP contribution in [0.2, 0.25) is 0 Å². The smallest absolute Gasteiger partial charge is 0.303 e. The van der Waals surface area contributed by atoms with Crippen molar-refractivity contribution in [2.24, 2.45) is 5.92 Å². The number of carboxylic acid groups (broad SMARTS) is 1. The van der Waals surface area contributed by atoms with Crippen molar-refractivity contribution in [3.63, 3.8) is 0 Å². The van der Waals surface area contributed by atoms with Crippen LogP contribution in [0.25, 0.3) is 0 Å². The molecule has 0 saturated carbocycles. The van der Waals surface area contributed by atoms with Crippen LogP contribution in [0.1, 0.15) is 32.6 Å². The van der Waals surface area contributed by atoms with Gasteiger partial charge in [0.05, 0.1) is 5.25 Å². The van der Waals surface area contributed by atoms with Crippen molar-refractivity contribution < 1.29 is 14.7 Å². The lowest BCUT2D eigenvalue weighted by Gasteiger charge is -2.34. The molecule has 4 nitrogen and oxygen atoms in total. The number of nitrogens with zero attached hydrogens (tertiary/aromatic N) is 1. The van der Waals surface area contributed by atoms with E-state index in [-0.39, 0.29) is 17.6 Å². The second kappa shape index (κ2) is 6.89. The molecule has 98 valence electrons. The molecule has 2 atom stereocenters. The van der Waals surface area contributed by atoms with E-state index >= 15 is 0 Å². The number of carbonyl (C=O) groups is 2. The summed E-state index contributed by atoms with van der Waals surface area (Å²) in [4.78, 5) is 24.4. The molecule has 1 fully saturated rings. The molecule has 0 aliphatic carbocycles. The molecule has 5 heteroatoms. The van der Waals surface area contributed by atoms with Crippen LogP contribution in [-0.2, 0) is 9.59 Å². The summed E-state index contributed by atoms with van der Waals surface area (Å²) in [7, 11) is 0. The van der Waals surface area contributed by atoms with E-state index in [1.165, 1.54) is 0 Å². The number of aliphatic carboxylic acids is 1. The number of amides is 1. The predicted molar refractivity (Wildman–Crippen MR) is 69.2 cm³/mol. The summed E-state index contributed by atoms with van der Waals surface area (Å²) in [5.41, 5.74) is 0.